The molecule has 0 unspecified atom stereocenters. The first-order chi connectivity index (χ1) is 9.78. The Bertz CT molecular complexity index is 566. The van der Waals surface area contributed by atoms with Gasteiger partial charge in [0.15, 0.2) is 5.82 Å². The second kappa shape index (κ2) is 7.04. The van der Waals surface area contributed by atoms with Crippen molar-refractivity contribution >= 4 is 17.5 Å². The number of nitrogens with one attached hydrogen (secondary N) is 2. The molecule has 0 radical (unpaired) electrons. The molecule has 0 aliphatic heterocycles. The number of carbonyl (C=O) groups excluding carboxylic acids is 1. The summed E-state index contributed by atoms with van der Waals surface area (Å²) in [5, 5.41) is 13.6. The Hall–Kier alpha value is -2.69. The maximum absolute atomic E-state index is 11.8. The van der Waals surface area contributed by atoms with Gasteiger partial charge in [-0.1, -0.05) is 36.4 Å². The number of hydrogen-bond donors (Lipinski definition) is 2. The zero-order chi connectivity index (χ0) is 14.2. The van der Waals surface area contributed by atoms with Crippen LogP contribution in [0.4, 0.5) is 11.6 Å². The molecule has 2 aromatic rings. The summed E-state index contributed by atoms with van der Waals surface area (Å²) in [5.74, 6) is 0.971. The minimum Gasteiger partial charge on any atom is -0.365 e. The Kier molecular flexibility index (Phi) is 4.83. The molecule has 0 saturated carbocycles. The quantitative estimate of drug-likeness (QED) is 0.789. The molecule has 0 spiro atoms. The molecule has 2 rings (SSSR count). The minimum atomic E-state index is -0.114. The van der Waals surface area contributed by atoms with Gasteiger partial charge in [-0.15, -0.1) is 16.8 Å². The molecule has 1 heterocycles. The van der Waals surface area contributed by atoms with Crippen LogP contribution >= 0.6 is 0 Å². The van der Waals surface area contributed by atoms with E-state index in [0.29, 0.717) is 24.6 Å². The van der Waals surface area contributed by atoms with Crippen molar-refractivity contribution in [3.8, 4) is 0 Å². The van der Waals surface area contributed by atoms with Crippen molar-refractivity contribution in [3.63, 3.8) is 0 Å². The maximum Gasteiger partial charge on any atom is 0.229 e. The first-order valence-corrected chi connectivity index (χ1v) is 6.30. The predicted octanol–water partition coefficient (Wildman–Crippen LogP) is 2.26. The lowest BCUT2D eigenvalue weighted by atomic mass is 10.1. The summed E-state index contributed by atoms with van der Waals surface area (Å²) in [6.45, 7) is 4.22. The number of benzene rings is 1. The number of rotatable bonds is 6. The summed E-state index contributed by atoms with van der Waals surface area (Å²) >= 11 is 0. The van der Waals surface area contributed by atoms with Crippen LogP contribution in [0.1, 0.15) is 5.56 Å². The van der Waals surface area contributed by atoms with Gasteiger partial charge in [0.1, 0.15) is 5.82 Å². The van der Waals surface area contributed by atoms with Crippen LogP contribution in [0, 0.1) is 0 Å². The molecule has 0 fully saturated rings. The van der Waals surface area contributed by atoms with E-state index in [0.717, 1.165) is 5.56 Å². The van der Waals surface area contributed by atoms with Gasteiger partial charge in [-0.3, -0.25) is 4.79 Å². The Morgan fingerprint density at radius 2 is 1.80 bits per heavy atom. The zero-order valence-electron chi connectivity index (χ0n) is 11.0. The Morgan fingerprint density at radius 3 is 2.45 bits per heavy atom. The molecule has 1 aromatic carbocycles. The van der Waals surface area contributed by atoms with Crippen LogP contribution in [0.5, 0.6) is 0 Å². The van der Waals surface area contributed by atoms with Gasteiger partial charge in [-0.2, -0.15) is 0 Å². The lowest BCUT2D eigenvalue weighted by molar-refractivity contribution is -0.115. The van der Waals surface area contributed by atoms with Gasteiger partial charge in [0.25, 0.3) is 0 Å². The third-order valence-corrected chi connectivity index (χ3v) is 2.57. The number of amides is 1. The van der Waals surface area contributed by atoms with Gasteiger partial charge in [0.05, 0.1) is 6.42 Å². The lowest BCUT2D eigenvalue weighted by Gasteiger charge is -2.05. The molecule has 0 saturated heterocycles. The van der Waals surface area contributed by atoms with Gasteiger partial charge in [-0.05, 0) is 17.7 Å². The maximum atomic E-state index is 11.8. The Labute approximate surface area is 117 Å². The van der Waals surface area contributed by atoms with E-state index < -0.39 is 0 Å². The molecule has 1 amide bonds. The van der Waals surface area contributed by atoms with Crippen LogP contribution < -0.4 is 10.6 Å². The van der Waals surface area contributed by atoms with Crippen LogP contribution in [0.3, 0.4) is 0 Å². The van der Waals surface area contributed by atoms with E-state index in [-0.39, 0.29) is 5.91 Å². The molecule has 102 valence electrons. The van der Waals surface area contributed by atoms with E-state index in [2.05, 4.69) is 27.4 Å². The molecule has 1 aromatic heterocycles. The summed E-state index contributed by atoms with van der Waals surface area (Å²) in [6.07, 6.45) is 2.05. The molecule has 5 nitrogen and oxygen atoms in total. The number of hydrogen-bond acceptors (Lipinski definition) is 4. The van der Waals surface area contributed by atoms with E-state index in [1.54, 1.807) is 18.2 Å². The summed E-state index contributed by atoms with van der Waals surface area (Å²) in [4.78, 5) is 11.8. The summed E-state index contributed by atoms with van der Waals surface area (Å²) in [7, 11) is 0. The average molecular weight is 268 g/mol. The molecule has 20 heavy (non-hydrogen) atoms. The molecule has 0 aliphatic carbocycles. The second-order valence-electron chi connectivity index (χ2n) is 4.18. The van der Waals surface area contributed by atoms with Gasteiger partial charge in [0.2, 0.25) is 5.91 Å². The second-order valence-corrected chi connectivity index (χ2v) is 4.18. The van der Waals surface area contributed by atoms with Crippen LogP contribution in [0.2, 0.25) is 0 Å². The summed E-state index contributed by atoms with van der Waals surface area (Å²) in [5.41, 5.74) is 0.960. The van der Waals surface area contributed by atoms with Crippen LogP contribution in [-0.2, 0) is 11.2 Å². The highest BCUT2D eigenvalue weighted by Gasteiger charge is 2.05. The Morgan fingerprint density at radius 1 is 1.10 bits per heavy atom. The fraction of sp³-hybridized carbons (Fsp3) is 0.133. The van der Waals surface area contributed by atoms with Crippen molar-refractivity contribution in [2.75, 3.05) is 17.2 Å². The van der Waals surface area contributed by atoms with Crippen molar-refractivity contribution in [1.82, 2.24) is 10.2 Å². The largest absolute Gasteiger partial charge is 0.365 e. The molecule has 2 N–H and O–H groups in total. The van der Waals surface area contributed by atoms with Crippen LogP contribution in [0.25, 0.3) is 0 Å². The van der Waals surface area contributed by atoms with Crippen LogP contribution in [0.15, 0.2) is 55.1 Å². The monoisotopic (exact) mass is 268 g/mol. The number of nitrogens with zero attached hydrogens (tertiary/aromatic N) is 2. The molecule has 0 atom stereocenters. The van der Waals surface area contributed by atoms with E-state index in [1.807, 2.05) is 30.3 Å². The standard InChI is InChI=1S/C15H16N4O/c1-2-10-16-13-8-9-14(19-18-13)17-15(20)11-12-6-4-3-5-7-12/h2-9H,1,10-11H2,(H,16,18)(H,17,19,20). The molecular weight excluding hydrogens is 252 g/mol. The van der Waals surface area contributed by atoms with E-state index in [4.69, 9.17) is 0 Å². The first-order valence-electron chi connectivity index (χ1n) is 6.30. The predicted molar refractivity (Wildman–Crippen MR) is 79.5 cm³/mol. The molecule has 0 bridgehead atoms. The fourth-order valence-electron chi connectivity index (χ4n) is 1.64. The van der Waals surface area contributed by atoms with Crippen molar-refractivity contribution in [3.05, 3.63) is 60.7 Å². The van der Waals surface area contributed by atoms with E-state index in [9.17, 15) is 4.79 Å². The Balaban J connectivity index is 1.89. The highest BCUT2D eigenvalue weighted by atomic mass is 16.1. The third kappa shape index (κ3) is 4.20. The van der Waals surface area contributed by atoms with Gasteiger partial charge in [-0.25, -0.2) is 0 Å². The molecule has 5 heteroatoms. The topological polar surface area (TPSA) is 66.9 Å². The summed E-state index contributed by atoms with van der Waals surface area (Å²) < 4.78 is 0. The van der Waals surface area contributed by atoms with E-state index >= 15 is 0 Å². The van der Waals surface area contributed by atoms with Crippen LogP contribution in [-0.4, -0.2) is 22.6 Å². The SMILES string of the molecule is C=CCNc1ccc(NC(=O)Cc2ccccc2)nn1. The van der Waals surface area contributed by atoms with Gasteiger partial charge >= 0.3 is 0 Å². The zero-order valence-corrected chi connectivity index (χ0v) is 11.0. The average Bonchev–Trinajstić information content (AvgIpc) is 2.47. The third-order valence-electron chi connectivity index (χ3n) is 2.57. The minimum absolute atomic E-state index is 0.114. The molecular formula is C15H16N4O. The first kappa shape index (κ1) is 13.7. The van der Waals surface area contributed by atoms with Gasteiger partial charge < -0.3 is 10.6 Å². The summed E-state index contributed by atoms with van der Waals surface area (Å²) in [6, 6.07) is 13.0. The number of carbonyl (C=O) groups is 1. The molecule has 0 aliphatic rings. The highest BCUT2D eigenvalue weighted by Crippen LogP contribution is 2.07. The van der Waals surface area contributed by atoms with Crippen molar-refractivity contribution in [2.45, 2.75) is 6.42 Å². The fourth-order valence-corrected chi connectivity index (χ4v) is 1.64. The highest BCUT2D eigenvalue weighted by molar-refractivity contribution is 5.91. The number of aromatic nitrogens is 2. The van der Waals surface area contributed by atoms with Crippen molar-refractivity contribution < 1.29 is 4.79 Å². The lowest BCUT2D eigenvalue weighted by Crippen LogP contribution is -2.15. The number of anilines is 2. The smallest absolute Gasteiger partial charge is 0.229 e. The van der Waals surface area contributed by atoms with E-state index in [1.165, 1.54) is 0 Å². The van der Waals surface area contributed by atoms with Crippen molar-refractivity contribution in [2.24, 2.45) is 0 Å². The van der Waals surface area contributed by atoms with Gasteiger partial charge in [0, 0.05) is 6.54 Å². The normalized spacial score (nSPS) is 9.80. The van der Waals surface area contributed by atoms with Crippen molar-refractivity contribution in [1.29, 1.82) is 0 Å².